The number of pyridine rings is 1. The van der Waals surface area contributed by atoms with Gasteiger partial charge in [-0.3, -0.25) is 9.78 Å². The lowest BCUT2D eigenvalue weighted by atomic mass is 9.32. The van der Waals surface area contributed by atoms with Crippen LogP contribution in [0.1, 0.15) is 120 Å². The lowest BCUT2D eigenvalue weighted by Crippen LogP contribution is -2.68. The molecule has 412 valence electrons. The summed E-state index contributed by atoms with van der Waals surface area (Å²) in [5.41, 5.74) is 1.79. The van der Waals surface area contributed by atoms with E-state index in [1.54, 1.807) is 6.20 Å². The second-order valence-electron chi connectivity index (χ2n) is 25.5. The highest BCUT2D eigenvalue weighted by Crippen LogP contribution is 2.78. The normalized spacial score (nSPS) is 50.0. The SMILES string of the molecule is C=C(C)[C@@H]1CC[C@]2(C(=O)Nc3ccc4ncccc4c3)CC[C@]3(C)[C@H](CC[C@@H]4[C@@]5(C)CC[C@H](O[C@@H]6O[C@H](CO)[C@@H](O[C@@H]7O[C@@H](C)[C@H](O)[C@@H](O)[C@H]7O)[C@H](O)[C@H]6O[C@@H]6O[C@@H](C)[C@H](O)[C@@H](O)[C@H]6O)C(C)(C)[C@@H]5CC[C@]43C)[C@@H]12. The van der Waals surface area contributed by atoms with Crippen molar-refractivity contribution in [1.82, 2.24) is 4.98 Å². The highest BCUT2D eigenvalue weighted by atomic mass is 16.8. The molecule has 1 aromatic carbocycles. The first kappa shape index (κ1) is 54.6. The van der Waals surface area contributed by atoms with Gasteiger partial charge in [0.25, 0.3) is 0 Å². The molecule has 2 aromatic rings. The molecule has 10 rings (SSSR count). The Bertz CT molecular complexity index is 2390. The van der Waals surface area contributed by atoms with Crippen LogP contribution in [0.5, 0.6) is 0 Å². The summed E-state index contributed by atoms with van der Waals surface area (Å²) in [6, 6.07) is 9.92. The molecule has 3 saturated heterocycles. The minimum atomic E-state index is -1.74. The highest BCUT2D eigenvalue weighted by molar-refractivity contribution is 5.98. The van der Waals surface area contributed by atoms with Gasteiger partial charge in [0.1, 0.15) is 61.0 Å². The first-order chi connectivity index (χ1) is 34.9. The molecule has 74 heavy (non-hydrogen) atoms. The molecule has 0 radical (unpaired) electrons. The Balaban J connectivity index is 0.897. The van der Waals surface area contributed by atoms with Crippen LogP contribution in [0.15, 0.2) is 48.7 Å². The maximum atomic E-state index is 15.0. The van der Waals surface area contributed by atoms with Crippen molar-refractivity contribution in [3.05, 3.63) is 48.7 Å². The summed E-state index contributed by atoms with van der Waals surface area (Å²) >= 11 is 0. The van der Waals surface area contributed by atoms with Gasteiger partial charge in [-0.2, -0.15) is 0 Å². The van der Waals surface area contributed by atoms with Gasteiger partial charge >= 0.3 is 0 Å². The molecule has 9 N–H and O–H groups in total. The lowest BCUT2D eigenvalue weighted by Gasteiger charge is -2.73. The van der Waals surface area contributed by atoms with E-state index in [1.807, 2.05) is 30.3 Å². The van der Waals surface area contributed by atoms with Gasteiger partial charge < -0.3 is 74.6 Å². The number of nitrogens with zero attached hydrogens (tertiary/aromatic N) is 1. The Hall–Kier alpha value is -2.72. The third-order valence-electron chi connectivity index (χ3n) is 21.6. The number of hydrogen-bond acceptors (Lipinski definition) is 16. The Morgan fingerprint density at radius 3 is 2.01 bits per heavy atom. The molecule has 8 aliphatic rings. The number of fused-ring (bicyclic) bond motifs is 8. The monoisotopic (exact) mass is 1040 g/mol. The number of hydrogen-bond donors (Lipinski definition) is 9. The minimum absolute atomic E-state index is 0.0162. The van der Waals surface area contributed by atoms with Crippen LogP contribution in [0.4, 0.5) is 5.69 Å². The molecule has 0 spiro atoms. The van der Waals surface area contributed by atoms with E-state index in [0.717, 1.165) is 74.4 Å². The molecule has 5 aliphatic carbocycles. The second kappa shape index (κ2) is 19.9. The molecule has 17 nitrogen and oxygen atoms in total. The van der Waals surface area contributed by atoms with Crippen LogP contribution in [0, 0.1) is 56.7 Å². The van der Waals surface area contributed by atoms with E-state index in [1.165, 1.54) is 19.4 Å². The number of carbonyl (C=O) groups is 1. The van der Waals surface area contributed by atoms with Crippen molar-refractivity contribution in [2.45, 2.75) is 218 Å². The first-order valence-corrected chi connectivity index (χ1v) is 27.5. The fraction of sp³-hybridized carbons (Fsp3) is 0.789. The summed E-state index contributed by atoms with van der Waals surface area (Å²) in [7, 11) is 0. The van der Waals surface area contributed by atoms with Crippen LogP contribution in [-0.4, -0.2) is 157 Å². The van der Waals surface area contributed by atoms with Crippen LogP contribution < -0.4 is 5.32 Å². The highest BCUT2D eigenvalue weighted by Gasteiger charge is 2.72. The zero-order valence-electron chi connectivity index (χ0n) is 44.5. The number of rotatable bonds is 10. The standard InChI is InChI=1S/C57H84N2O15/c1-27(2)32-16-21-57(52(68)59-31-12-14-34-30(25-31)11-10-24-58-34)23-22-55(8)33(39(32)57)13-15-37-54(7)19-18-38(53(5,6)36(54)17-20-56(37,55)9)72-51-48(74-50-45(66)43(64)41(62)29(4)70-50)46(67)47(35(26-60)71-51)73-49-44(65)42(63)40(61)28(3)69-49/h10-12,14,24-25,28-29,32-33,35-51,60-67H,1,13,15-23,26H2,2-9H3,(H,59,68)/t28-,29-,32-,33+,35+,36-,37+,38-,39+,40-,41-,42+,43+,44+,45+,46-,47+,48+,49-,50-,51-,54-,55+,56+,57-/m0/s1. The molecule has 0 unspecified atom stereocenters. The molecule has 4 heterocycles. The zero-order valence-corrected chi connectivity index (χ0v) is 44.5. The van der Waals surface area contributed by atoms with Crippen molar-refractivity contribution in [3.8, 4) is 0 Å². The van der Waals surface area contributed by atoms with Crippen LogP contribution in [-0.2, 0) is 33.2 Å². The van der Waals surface area contributed by atoms with Gasteiger partial charge in [-0.15, -0.1) is 0 Å². The van der Waals surface area contributed by atoms with Crippen molar-refractivity contribution in [1.29, 1.82) is 0 Å². The Labute approximate surface area is 435 Å². The number of aliphatic hydroxyl groups excluding tert-OH is 8. The van der Waals surface area contributed by atoms with Crippen molar-refractivity contribution in [2.24, 2.45) is 56.7 Å². The molecule has 25 atom stereocenters. The van der Waals surface area contributed by atoms with Crippen molar-refractivity contribution >= 4 is 22.5 Å². The number of allylic oxidation sites excluding steroid dienone is 1. The van der Waals surface area contributed by atoms with E-state index in [4.69, 9.17) is 28.4 Å². The van der Waals surface area contributed by atoms with Crippen LogP contribution in [0.2, 0.25) is 0 Å². The topological polar surface area (TPSA) is 259 Å². The Morgan fingerprint density at radius 1 is 0.703 bits per heavy atom. The Morgan fingerprint density at radius 2 is 1.36 bits per heavy atom. The predicted molar refractivity (Wildman–Crippen MR) is 270 cm³/mol. The van der Waals surface area contributed by atoms with E-state index in [9.17, 15) is 45.6 Å². The number of nitrogens with one attached hydrogen (secondary N) is 1. The quantitative estimate of drug-likeness (QED) is 0.115. The van der Waals surface area contributed by atoms with Gasteiger partial charge in [0.05, 0.1) is 35.9 Å². The summed E-state index contributed by atoms with van der Waals surface area (Å²) < 4.78 is 37.5. The van der Waals surface area contributed by atoms with E-state index < -0.39 is 116 Å². The van der Waals surface area contributed by atoms with E-state index in [0.29, 0.717) is 18.3 Å². The van der Waals surface area contributed by atoms with E-state index >= 15 is 0 Å². The summed E-state index contributed by atoms with van der Waals surface area (Å²) in [5.74, 6) is 1.51. The molecule has 1 amide bonds. The zero-order chi connectivity index (χ0) is 53.2. The molecular formula is C57H84N2O15. The van der Waals surface area contributed by atoms with Gasteiger partial charge in [-0.1, -0.05) is 52.8 Å². The molecule has 1 aromatic heterocycles. The number of carbonyl (C=O) groups excluding carboxylic acids is 1. The average Bonchev–Trinajstić information content (AvgIpc) is 3.78. The Kier molecular flexibility index (Phi) is 14.7. The molecule has 5 saturated carbocycles. The first-order valence-electron chi connectivity index (χ1n) is 27.5. The van der Waals surface area contributed by atoms with Gasteiger partial charge in [0.15, 0.2) is 18.9 Å². The number of aliphatic hydroxyl groups is 8. The fourth-order valence-corrected chi connectivity index (χ4v) is 17.4. The van der Waals surface area contributed by atoms with Gasteiger partial charge in [-0.05, 0) is 160 Å². The van der Waals surface area contributed by atoms with Crippen molar-refractivity contribution < 1.29 is 74.1 Å². The molecule has 8 fully saturated rings. The van der Waals surface area contributed by atoms with Crippen molar-refractivity contribution in [2.75, 3.05) is 11.9 Å². The van der Waals surface area contributed by atoms with Gasteiger partial charge in [-0.25, -0.2) is 0 Å². The average molecular weight is 1040 g/mol. The molecule has 17 heteroatoms. The molecule has 3 aliphatic heterocycles. The fourth-order valence-electron chi connectivity index (χ4n) is 17.4. The third kappa shape index (κ3) is 8.56. The maximum absolute atomic E-state index is 15.0. The largest absolute Gasteiger partial charge is 0.394 e. The minimum Gasteiger partial charge on any atom is -0.394 e. The lowest BCUT2D eigenvalue weighted by molar-refractivity contribution is -0.393. The van der Waals surface area contributed by atoms with Crippen LogP contribution in [0.25, 0.3) is 10.9 Å². The summed E-state index contributed by atoms with van der Waals surface area (Å²) in [6.07, 6.45) is -11.5. The number of benzene rings is 1. The maximum Gasteiger partial charge on any atom is 0.230 e. The molecular weight excluding hydrogens is 953 g/mol. The number of anilines is 1. The summed E-state index contributed by atoms with van der Waals surface area (Å²) in [6.45, 7) is 21.1. The molecule has 0 bridgehead atoms. The second-order valence-corrected chi connectivity index (χ2v) is 25.5. The smallest absolute Gasteiger partial charge is 0.230 e. The number of aromatic nitrogens is 1. The summed E-state index contributed by atoms with van der Waals surface area (Å²) in [4.78, 5) is 19.5. The van der Waals surface area contributed by atoms with E-state index in [-0.39, 0.29) is 39.9 Å². The van der Waals surface area contributed by atoms with Crippen LogP contribution >= 0.6 is 0 Å². The summed E-state index contributed by atoms with van der Waals surface area (Å²) in [5, 5.41) is 91.7. The van der Waals surface area contributed by atoms with Crippen LogP contribution in [0.3, 0.4) is 0 Å². The number of amides is 1. The van der Waals surface area contributed by atoms with Crippen molar-refractivity contribution in [3.63, 3.8) is 0 Å². The predicted octanol–water partition coefficient (Wildman–Crippen LogP) is 4.72. The van der Waals surface area contributed by atoms with Gasteiger partial charge in [0.2, 0.25) is 5.91 Å². The van der Waals surface area contributed by atoms with Gasteiger partial charge in [0, 0.05) is 17.3 Å². The number of ether oxygens (including phenoxy) is 6. The third-order valence-corrected chi connectivity index (χ3v) is 21.6. The van der Waals surface area contributed by atoms with E-state index in [2.05, 4.69) is 58.4 Å².